The summed E-state index contributed by atoms with van der Waals surface area (Å²) in [5.74, 6) is 0.151. The molecule has 2 rings (SSSR count). The standard InChI is InChI=1S/C14H13BrN2O3S/c1-8(18)12-7-21-14(16-12)17-13(19)9(2)20-11-5-3-10(15)4-6-11/h3-7,9H,1-2H3,(H,16,17,19). The van der Waals surface area contributed by atoms with E-state index in [9.17, 15) is 9.59 Å². The molecule has 0 saturated heterocycles. The molecular weight excluding hydrogens is 356 g/mol. The normalized spacial score (nSPS) is 11.8. The van der Waals surface area contributed by atoms with Crippen LogP contribution in [-0.4, -0.2) is 22.8 Å². The molecule has 21 heavy (non-hydrogen) atoms. The number of nitrogens with zero attached hydrogens (tertiary/aromatic N) is 1. The van der Waals surface area contributed by atoms with Crippen molar-refractivity contribution in [1.82, 2.24) is 4.98 Å². The number of hydrogen-bond acceptors (Lipinski definition) is 5. The van der Waals surface area contributed by atoms with Crippen molar-refractivity contribution >= 4 is 44.1 Å². The molecule has 0 aliphatic carbocycles. The number of aromatic nitrogens is 1. The van der Waals surface area contributed by atoms with Crippen molar-refractivity contribution in [3.63, 3.8) is 0 Å². The zero-order valence-corrected chi connectivity index (χ0v) is 13.8. The summed E-state index contributed by atoms with van der Waals surface area (Å²) in [6.07, 6.45) is -0.671. The molecular formula is C14H13BrN2O3S. The number of anilines is 1. The van der Waals surface area contributed by atoms with Crippen molar-refractivity contribution in [3.05, 3.63) is 39.8 Å². The zero-order chi connectivity index (χ0) is 15.4. The predicted molar refractivity (Wildman–Crippen MR) is 85.0 cm³/mol. The van der Waals surface area contributed by atoms with Crippen molar-refractivity contribution in [2.45, 2.75) is 20.0 Å². The highest BCUT2D eigenvalue weighted by molar-refractivity contribution is 9.10. The lowest BCUT2D eigenvalue weighted by Crippen LogP contribution is -2.30. The Kier molecular flexibility index (Phi) is 5.08. The third kappa shape index (κ3) is 4.37. The molecule has 0 aliphatic heterocycles. The molecule has 1 amide bonds. The molecule has 0 radical (unpaired) electrons. The number of Topliss-reactive ketones (excluding diaryl/α,β-unsaturated/α-hetero) is 1. The SMILES string of the molecule is CC(=O)c1csc(NC(=O)C(C)Oc2ccc(Br)cc2)n1. The molecule has 1 unspecified atom stereocenters. The van der Waals surface area contributed by atoms with Crippen LogP contribution in [0.5, 0.6) is 5.75 Å². The Morgan fingerprint density at radius 2 is 2.00 bits per heavy atom. The average Bonchev–Trinajstić information content (AvgIpc) is 2.90. The largest absolute Gasteiger partial charge is 0.481 e. The van der Waals surface area contributed by atoms with Gasteiger partial charge in [0.25, 0.3) is 5.91 Å². The highest BCUT2D eigenvalue weighted by Gasteiger charge is 2.17. The molecule has 5 nitrogen and oxygen atoms in total. The highest BCUT2D eigenvalue weighted by atomic mass is 79.9. The molecule has 0 aliphatic rings. The number of carbonyl (C=O) groups excluding carboxylic acids is 2. The lowest BCUT2D eigenvalue weighted by Gasteiger charge is -2.13. The van der Waals surface area contributed by atoms with Crippen molar-refractivity contribution in [2.75, 3.05) is 5.32 Å². The third-order valence-electron chi connectivity index (χ3n) is 2.59. The number of ketones is 1. The maximum absolute atomic E-state index is 12.0. The fourth-order valence-corrected chi connectivity index (χ4v) is 2.49. The zero-order valence-electron chi connectivity index (χ0n) is 11.4. The number of halogens is 1. The summed E-state index contributed by atoms with van der Waals surface area (Å²) in [5, 5.41) is 4.63. The highest BCUT2D eigenvalue weighted by Crippen LogP contribution is 2.19. The fraction of sp³-hybridized carbons (Fsp3) is 0.214. The molecule has 2 aromatic rings. The average molecular weight is 369 g/mol. The van der Waals surface area contributed by atoms with E-state index in [0.29, 0.717) is 16.6 Å². The van der Waals surface area contributed by atoms with Crippen molar-refractivity contribution < 1.29 is 14.3 Å². The number of nitrogens with one attached hydrogen (secondary N) is 1. The summed E-state index contributed by atoms with van der Waals surface area (Å²) >= 11 is 4.54. The Labute approximate surface area is 134 Å². The summed E-state index contributed by atoms with van der Waals surface area (Å²) < 4.78 is 6.47. The van der Waals surface area contributed by atoms with Gasteiger partial charge in [0.1, 0.15) is 11.4 Å². The van der Waals surface area contributed by atoms with Crippen LogP contribution in [0.2, 0.25) is 0 Å². The van der Waals surface area contributed by atoms with Crippen LogP contribution in [0.25, 0.3) is 0 Å². The quantitative estimate of drug-likeness (QED) is 0.819. The van der Waals surface area contributed by atoms with E-state index in [1.54, 1.807) is 24.4 Å². The van der Waals surface area contributed by atoms with Crippen LogP contribution in [0, 0.1) is 0 Å². The van der Waals surface area contributed by atoms with Crippen LogP contribution >= 0.6 is 27.3 Å². The second-order valence-corrected chi connectivity index (χ2v) is 6.07. The monoisotopic (exact) mass is 368 g/mol. The van der Waals surface area contributed by atoms with Crippen LogP contribution in [0.15, 0.2) is 34.1 Å². The van der Waals surface area contributed by atoms with E-state index in [4.69, 9.17) is 4.74 Å². The number of rotatable bonds is 5. The smallest absolute Gasteiger partial charge is 0.266 e. The maximum Gasteiger partial charge on any atom is 0.266 e. The Hall–Kier alpha value is -1.73. The summed E-state index contributed by atoms with van der Waals surface area (Å²) in [6.45, 7) is 3.08. The molecule has 110 valence electrons. The van der Waals surface area contributed by atoms with E-state index in [1.807, 2.05) is 12.1 Å². The Morgan fingerprint density at radius 1 is 1.33 bits per heavy atom. The van der Waals surface area contributed by atoms with E-state index in [0.717, 1.165) is 4.47 Å². The number of ether oxygens (including phenoxy) is 1. The first-order chi connectivity index (χ1) is 9.95. The second kappa shape index (κ2) is 6.82. The number of thiazole rings is 1. The van der Waals surface area contributed by atoms with Gasteiger partial charge in [-0.2, -0.15) is 0 Å². The topological polar surface area (TPSA) is 68.3 Å². The first-order valence-electron chi connectivity index (χ1n) is 6.15. The predicted octanol–water partition coefficient (Wildman–Crippen LogP) is 3.51. The van der Waals surface area contributed by atoms with Crippen LogP contribution in [0.1, 0.15) is 24.3 Å². The van der Waals surface area contributed by atoms with Crippen LogP contribution in [0.3, 0.4) is 0 Å². The van der Waals surface area contributed by atoms with Crippen LogP contribution in [-0.2, 0) is 4.79 Å². The first-order valence-corrected chi connectivity index (χ1v) is 7.82. The van der Waals surface area contributed by atoms with E-state index in [2.05, 4.69) is 26.2 Å². The van der Waals surface area contributed by atoms with Gasteiger partial charge in [-0.15, -0.1) is 11.3 Å². The number of benzene rings is 1. The minimum atomic E-state index is -0.671. The Morgan fingerprint density at radius 3 is 2.57 bits per heavy atom. The van der Waals surface area contributed by atoms with Gasteiger partial charge in [0.15, 0.2) is 17.0 Å². The number of carbonyl (C=O) groups is 2. The van der Waals surface area contributed by atoms with E-state index in [-0.39, 0.29) is 11.7 Å². The molecule has 7 heteroatoms. The van der Waals surface area contributed by atoms with Crippen molar-refractivity contribution in [2.24, 2.45) is 0 Å². The van der Waals surface area contributed by atoms with E-state index in [1.165, 1.54) is 18.3 Å². The van der Waals surface area contributed by atoms with Crippen LogP contribution in [0.4, 0.5) is 5.13 Å². The molecule has 0 spiro atoms. The van der Waals surface area contributed by atoms with E-state index < -0.39 is 6.10 Å². The number of hydrogen-bond donors (Lipinski definition) is 1. The van der Waals surface area contributed by atoms with Gasteiger partial charge in [-0.25, -0.2) is 4.98 Å². The van der Waals surface area contributed by atoms with Crippen molar-refractivity contribution in [1.29, 1.82) is 0 Å². The lowest BCUT2D eigenvalue weighted by atomic mass is 10.3. The molecule has 1 aromatic carbocycles. The molecule has 0 fully saturated rings. The minimum absolute atomic E-state index is 0.133. The molecule has 1 aromatic heterocycles. The molecule has 0 bridgehead atoms. The van der Waals surface area contributed by atoms with Crippen molar-refractivity contribution in [3.8, 4) is 5.75 Å². The number of amides is 1. The fourth-order valence-electron chi connectivity index (χ4n) is 1.47. The third-order valence-corrected chi connectivity index (χ3v) is 3.88. The van der Waals surface area contributed by atoms with Gasteiger partial charge in [0.05, 0.1) is 0 Å². The summed E-state index contributed by atoms with van der Waals surface area (Å²) in [4.78, 5) is 27.2. The lowest BCUT2D eigenvalue weighted by molar-refractivity contribution is -0.122. The minimum Gasteiger partial charge on any atom is -0.481 e. The summed E-state index contributed by atoms with van der Waals surface area (Å²) in [6, 6.07) is 7.20. The summed E-state index contributed by atoms with van der Waals surface area (Å²) in [7, 11) is 0. The van der Waals surface area contributed by atoms with Gasteiger partial charge in [-0.05, 0) is 31.2 Å². The van der Waals surface area contributed by atoms with Gasteiger partial charge < -0.3 is 4.74 Å². The van der Waals surface area contributed by atoms with Gasteiger partial charge >= 0.3 is 0 Å². The first kappa shape index (κ1) is 15.7. The maximum atomic E-state index is 12.0. The molecule has 1 N–H and O–H groups in total. The molecule has 1 heterocycles. The van der Waals surface area contributed by atoms with Gasteiger partial charge in [0.2, 0.25) is 0 Å². The second-order valence-electron chi connectivity index (χ2n) is 4.30. The summed E-state index contributed by atoms with van der Waals surface area (Å²) in [5.41, 5.74) is 0.344. The van der Waals surface area contributed by atoms with Gasteiger partial charge in [-0.3, -0.25) is 14.9 Å². The molecule has 0 saturated carbocycles. The van der Waals surface area contributed by atoms with E-state index >= 15 is 0 Å². The molecule has 1 atom stereocenters. The van der Waals surface area contributed by atoms with Gasteiger partial charge in [0, 0.05) is 16.8 Å². The van der Waals surface area contributed by atoms with Crippen LogP contribution < -0.4 is 10.1 Å². The Bertz CT molecular complexity index is 654. The van der Waals surface area contributed by atoms with Gasteiger partial charge in [-0.1, -0.05) is 15.9 Å². The Balaban J connectivity index is 1.95.